The molecule has 0 bridgehead atoms. The van der Waals surface area contributed by atoms with Gasteiger partial charge in [0.05, 0.1) is 7.11 Å². The number of hydrogen-bond acceptors (Lipinski definition) is 5. The summed E-state index contributed by atoms with van der Waals surface area (Å²) in [6.07, 6.45) is 0.985. The van der Waals surface area contributed by atoms with Crippen LogP contribution in [0.3, 0.4) is 0 Å². The van der Waals surface area contributed by atoms with Crippen LogP contribution >= 0.6 is 11.5 Å². The lowest BCUT2D eigenvalue weighted by molar-refractivity contribution is 0.414. The number of aryl methyl sites for hydroxylation is 1. The molecular formula is C13H17N3OS. The Morgan fingerprint density at radius 3 is 2.56 bits per heavy atom. The van der Waals surface area contributed by atoms with Gasteiger partial charge in [0.1, 0.15) is 11.6 Å². The second-order valence-corrected chi connectivity index (χ2v) is 4.87. The van der Waals surface area contributed by atoms with Crippen LogP contribution in [-0.4, -0.2) is 30.1 Å². The van der Waals surface area contributed by atoms with E-state index in [4.69, 9.17) is 4.74 Å². The number of benzene rings is 1. The van der Waals surface area contributed by atoms with Gasteiger partial charge in [0.25, 0.3) is 0 Å². The Morgan fingerprint density at radius 2 is 2.00 bits per heavy atom. The van der Waals surface area contributed by atoms with E-state index >= 15 is 0 Å². The van der Waals surface area contributed by atoms with Gasteiger partial charge in [-0.3, -0.25) is 0 Å². The van der Waals surface area contributed by atoms with Gasteiger partial charge in [0.2, 0.25) is 5.13 Å². The third kappa shape index (κ3) is 3.20. The van der Waals surface area contributed by atoms with Crippen molar-refractivity contribution in [3.05, 3.63) is 35.7 Å². The minimum atomic E-state index is 0.839. The van der Waals surface area contributed by atoms with Crippen LogP contribution in [-0.2, 0) is 6.42 Å². The molecule has 1 aromatic carbocycles. The Labute approximate surface area is 111 Å². The van der Waals surface area contributed by atoms with Gasteiger partial charge < -0.3 is 9.64 Å². The minimum Gasteiger partial charge on any atom is -0.497 e. The zero-order chi connectivity index (χ0) is 13.0. The average Bonchev–Trinajstić information content (AvgIpc) is 2.83. The van der Waals surface area contributed by atoms with Gasteiger partial charge in [-0.2, -0.15) is 4.37 Å². The van der Waals surface area contributed by atoms with Crippen molar-refractivity contribution in [1.29, 1.82) is 0 Å². The Hall–Kier alpha value is -1.62. The van der Waals surface area contributed by atoms with Crippen LogP contribution in [0.25, 0.3) is 0 Å². The lowest BCUT2D eigenvalue weighted by Gasteiger charge is -2.14. The first-order valence-corrected chi connectivity index (χ1v) is 6.61. The largest absolute Gasteiger partial charge is 0.497 e. The Bertz CT molecular complexity index is 495. The highest BCUT2D eigenvalue weighted by molar-refractivity contribution is 7.09. The molecule has 0 aliphatic heterocycles. The summed E-state index contributed by atoms with van der Waals surface area (Å²) >= 11 is 1.44. The molecule has 0 spiro atoms. The van der Waals surface area contributed by atoms with Crippen LogP contribution in [0.2, 0.25) is 0 Å². The van der Waals surface area contributed by atoms with Crippen LogP contribution in [0.5, 0.6) is 5.75 Å². The molecule has 5 heteroatoms. The molecule has 0 N–H and O–H groups in total. The maximum Gasteiger partial charge on any atom is 0.204 e. The number of nitrogens with zero attached hydrogens (tertiary/aromatic N) is 3. The fraction of sp³-hybridized carbons (Fsp3) is 0.385. The van der Waals surface area contributed by atoms with Crippen molar-refractivity contribution in [2.75, 3.05) is 25.6 Å². The number of rotatable bonds is 5. The van der Waals surface area contributed by atoms with Gasteiger partial charge in [-0.15, -0.1) is 0 Å². The molecule has 0 unspecified atom stereocenters. The smallest absolute Gasteiger partial charge is 0.204 e. The van der Waals surface area contributed by atoms with Crippen molar-refractivity contribution in [1.82, 2.24) is 9.36 Å². The highest BCUT2D eigenvalue weighted by Gasteiger charge is 2.06. The molecule has 18 heavy (non-hydrogen) atoms. The van der Waals surface area contributed by atoms with Gasteiger partial charge in [0, 0.05) is 25.1 Å². The van der Waals surface area contributed by atoms with Gasteiger partial charge in [0.15, 0.2) is 0 Å². The molecule has 0 saturated carbocycles. The summed E-state index contributed by atoms with van der Waals surface area (Å²) in [5.74, 6) is 1.73. The first kappa shape index (κ1) is 12.8. The van der Waals surface area contributed by atoms with Crippen LogP contribution in [0.1, 0.15) is 11.4 Å². The summed E-state index contributed by atoms with van der Waals surface area (Å²) in [6.45, 7) is 2.85. The molecule has 2 rings (SSSR count). The van der Waals surface area contributed by atoms with E-state index in [-0.39, 0.29) is 0 Å². The molecule has 4 nitrogen and oxygen atoms in total. The number of aromatic nitrogens is 2. The molecule has 2 aromatic rings. The zero-order valence-corrected chi connectivity index (χ0v) is 11.7. The Morgan fingerprint density at radius 1 is 1.28 bits per heavy atom. The number of hydrogen-bond donors (Lipinski definition) is 0. The average molecular weight is 263 g/mol. The van der Waals surface area contributed by atoms with Crippen molar-refractivity contribution in [2.45, 2.75) is 13.3 Å². The Balaban J connectivity index is 1.90. The molecule has 0 atom stereocenters. The van der Waals surface area contributed by atoms with Crippen molar-refractivity contribution in [3.8, 4) is 5.75 Å². The predicted octanol–water partition coefficient (Wildman–Crippen LogP) is 2.53. The maximum absolute atomic E-state index is 5.14. The highest BCUT2D eigenvalue weighted by Crippen LogP contribution is 2.16. The van der Waals surface area contributed by atoms with Crippen molar-refractivity contribution in [3.63, 3.8) is 0 Å². The molecule has 0 aliphatic rings. The van der Waals surface area contributed by atoms with E-state index in [2.05, 4.69) is 26.4 Å². The van der Waals surface area contributed by atoms with E-state index in [1.807, 2.05) is 26.1 Å². The molecule has 0 fully saturated rings. The standard InChI is InChI=1S/C13H17N3OS/c1-10-14-13(18-15-10)16(2)9-8-11-4-6-12(17-3)7-5-11/h4-7H,8-9H2,1-3H3. The number of anilines is 1. The van der Waals surface area contributed by atoms with Crippen molar-refractivity contribution >= 4 is 16.7 Å². The van der Waals surface area contributed by atoms with E-state index < -0.39 is 0 Å². The fourth-order valence-electron chi connectivity index (χ4n) is 1.63. The topological polar surface area (TPSA) is 38.2 Å². The molecule has 0 saturated heterocycles. The van der Waals surface area contributed by atoms with Gasteiger partial charge in [-0.1, -0.05) is 12.1 Å². The summed E-state index contributed by atoms with van der Waals surface area (Å²) in [5, 5.41) is 0.973. The summed E-state index contributed by atoms with van der Waals surface area (Å²) in [6, 6.07) is 8.17. The minimum absolute atomic E-state index is 0.839. The predicted molar refractivity (Wildman–Crippen MR) is 74.6 cm³/mol. The Kier molecular flexibility index (Phi) is 4.15. The SMILES string of the molecule is COc1ccc(CCN(C)c2nc(C)ns2)cc1. The summed E-state index contributed by atoms with van der Waals surface area (Å²) in [4.78, 5) is 6.50. The molecule has 0 aliphatic carbocycles. The first-order valence-electron chi connectivity index (χ1n) is 5.83. The fourth-order valence-corrected chi connectivity index (χ4v) is 2.28. The molecular weight excluding hydrogens is 246 g/mol. The second-order valence-electron chi connectivity index (χ2n) is 4.14. The quantitative estimate of drug-likeness (QED) is 0.831. The molecule has 1 heterocycles. The number of methoxy groups -OCH3 is 1. The summed E-state index contributed by atoms with van der Waals surface area (Å²) in [5.41, 5.74) is 1.30. The van der Waals surface area contributed by atoms with E-state index in [1.165, 1.54) is 17.1 Å². The van der Waals surface area contributed by atoms with Crippen LogP contribution in [0.15, 0.2) is 24.3 Å². The third-order valence-electron chi connectivity index (χ3n) is 2.74. The highest BCUT2D eigenvalue weighted by atomic mass is 32.1. The zero-order valence-electron chi connectivity index (χ0n) is 10.9. The molecule has 96 valence electrons. The van der Waals surface area contributed by atoms with Crippen LogP contribution in [0.4, 0.5) is 5.13 Å². The lowest BCUT2D eigenvalue weighted by atomic mass is 10.1. The lowest BCUT2D eigenvalue weighted by Crippen LogP contribution is -2.20. The molecule has 1 aromatic heterocycles. The van der Waals surface area contributed by atoms with Gasteiger partial charge >= 0.3 is 0 Å². The number of ether oxygens (including phenoxy) is 1. The normalized spacial score (nSPS) is 10.4. The van der Waals surface area contributed by atoms with E-state index in [1.54, 1.807) is 7.11 Å². The van der Waals surface area contributed by atoms with Crippen LogP contribution in [0, 0.1) is 6.92 Å². The van der Waals surface area contributed by atoms with Gasteiger partial charge in [-0.25, -0.2) is 4.98 Å². The van der Waals surface area contributed by atoms with Crippen molar-refractivity contribution < 1.29 is 4.74 Å². The first-order chi connectivity index (χ1) is 8.69. The maximum atomic E-state index is 5.14. The second kappa shape index (κ2) is 5.82. The summed E-state index contributed by atoms with van der Waals surface area (Å²) < 4.78 is 9.33. The third-order valence-corrected chi connectivity index (χ3v) is 3.66. The van der Waals surface area contributed by atoms with E-state index in [0.717, 1.165) is 29.7 Å². The monoisotopic (exact) mass is 263 g/mol. The number of likely N-dealkylation sites (N-methyl/N-ethyl adjacent to an activating group) is 1. The van der Waals surface area contributed by atoms with Crippen molar-refractivity contribution in [2.24, 2.45) is 0 Å². The van der Waals surface area contributed by atoms with E-state index in [9.17, 15) is 0 Å². The van der Waals surface area contributed by atoms with Crippen LogP contribution < -0.4 is 9.64 Å². The van der Waals surface area contributed by atoms with Gasteiger partial charge in [-0.05, 0) is 31.0 Å². The molecule has 0 radical (unpaired) electrons. The van der Waals surface area contributed by atoms with E-state index in [0.29, 0.717) is 0 Å². The summed E-state index contributed by atoms with van der Waals surface area (Å²) in [7, 11) is 3.73. The molecule has 0 amide bonds.